The van der Waals surface area contributed by atoms with Gasteiger partial charge in [-0.25, -0.2) is 0 Å². The summed E-state index contributed by atoms with van der Waals surface area (Å²) in [6, 6.07) is 0. The van der Waals surface area contributed by atoms with Gasteiger partial charge in [0, 0.05) is 27.5 Å². The van der Waals surface area contributed by atoms with Crippen molar-refractivity contribution in [3.8, 4) is 0 Å². The molecule has 0 aliphatic carbocycles. The molecule has 1 N–H and O–H groups in total. The van der Waals surface area contributed by atoms with Crippen LogP contribution in [0.4, 0.5) is 0 Å². The van der Waals surface area contributed by atoms with Crippen molar-refractivity contribution in [1.82, 2.24) is 0 Å². The smallest absolute Gasteiger partial charge is 0.303 e. The Morgan fingerprint density at radius 1 is 1.18 bits per heavy atom. The van der Waals surface area contributed by atoms with E-state index in [2.05, 4.69) is 6.92 Å². The fourth-order valence-corrected chi connectivity index (χ4v) is 0.880. The fraction of sp³-hybridized carbons (Fsp3) is 0.875. The molecule has 0 radical (unpaired) electrons. The van der Waals surface area contributed by atoms with Crippen LogP contribution in [-0.2, 0) is 25.9 Å². The average Bonchev–Trinajstić information content (AvgIpc) is 1.87. The van der Waals surface area contributed by atoms with Crippen molar-refractivity contribution in [2.24, 2.45) is 0 Å². The van der Waals surface area contributed by atoms with Gasteiger partial charge in [0.05, 0.1) is 0 Å². The minimum absolute atomic E-state index is 0. The maximum Gasteiger partial charge on any atom is 0.303 e. The van der Waals surface area contributed by atoms with Crippen LogP contribution in [0.2, 0.25) is 0 Å². The average molecular weight is 240 g/mol. The van der Waals surface area contributed by atoms with E-state index in [1.54, 1.807) is 0 Å². The van der Waals surface area contributed by atoms with Crippen LogP contribution in [-0.4, -0.2) is 11.1 Å². The number of rotatable bonds is 6. The van der Waals surface area contributed by atoms with Gasteiger partial charge in [0.15, 0.2) is 0 Å². The first-order valence-electron chi connectivity index (χ1n) is 3.99. The van der Waals surface area contributed by atoms with Crippen molar-refractivity contribution < 1.29 is 31.0 Å². The number of carboxylic acids is 1. The molecule has 66 valence electrons. The van der Waals surface area contributed by atoms with E-state index in [1.165, 1.54) is 19.3 Å². The van der Waals surface area contributed by atoms with Gasteiger partial charge in [-0.15, -0.1) is 0 Å². The Morgan fingerprint density at radius 2 is 1.73 bits per heavy atom. The van der Waals surface area contributed by atoms with E-state index in [9.17, 15) is 4.79 Å². The first kappa shape index (κ1) is 13.7. The molecule has 0 bridgehead atoms. The van der Waals surface area contributed by atoms with E-state index in [4.69, 9.17) is 5.11 Å². The van der Waals surface area contributed by atoms with Gasteiger partial charge in [-0.05, 0) is 6.42 Å². The van der Waals surface area contributed by atoms with Crippen molar-refractivity contribution in [2.45, 2.75) is 45.4 Å². The van der Waals surface area contributed by atoms with Crippen LogP contribution < -0.4 is 0 Å². The number of hydrogen-bond acceptors (Lipinski definition) is 1. The van der Waals surface area contributed by atoms with Crippen LogP contribution in [0.3, 0.4) is 0 Å². The maximum absolute atomic E-state index is 10.0. The van der Waals surface area contributed by atoms with Gasteiger partial charge in [-0.2, -0.15) is 0 Å². The Bertz CT molecular complexity index is 94.1. The molecule has 0 aromatic carbocycles. The first-order valence-corrected chi connectivity index (χ1v) is 3.99. The largest absolute Gasteiger partial charge is 0.481 e. The van der Waals surface area contributed by atoms with Crippen LogP contribution in [0, 0.1) is 0 Å². The molecule has 0 fully saturated rings. The van der Waals surface area contributed by atoms with Crippen molar-refractivity contribution in [3.05, 3.63) is 0 Å². The van der Waals surface area contributed by atoms with Crippen molar-refractivity contribution >= 4 is 5.97 Å². The van der Waals surface area contributed by atoms with Crippen molar-refractivity contribution in [3.63, 3.8) is 0 Å². The zero-order chi connectivity index (χ0) is 7.82. The number of carboxylic acid groups (broad SMARTS) is 1. The van der Waals surface area contributed by atoms with Crippen LogP contribution in [0.15, 0.2) is 0 Å². The maximum atomic E-state index is 10.0. The zero-order valence-corrected chi connectivity index (χ0v) is 9.01. The summed E-state index contributed by atoms with van der Waals surface area (Å²) >= 11 is 0. The third-order valence-corrected chi connectivity index (χ3v) is 1.49. The molecule has 0 saturated carbocycles. The summed E-state index contributed by atoms with van der Waals surface area (Å²) in [4.78, 5) is 10.0. The van der Waals surface area contributed by atoms with Gasteiger partial charge in [-0.1, -0.05) is 32.6 Å². The molecule has 0 aromatic heterocycles. The molecular formula is C8H16MoO2. The molecule has 0 atom stereocenters. The molecule has 0 unspecified atom stereocenters. The Labute approximate surface area is 82.6 Å². The quantitative estimate of drug-likeness (QED) is 0.571. The Morgan fingerprint density at radius 3 is 2.18 bits per heavy atom. The van der Waals surface area contributed by atoms with Crippen LogP contribution in [0.25, 0.3) is 0 Å². The van der Waals surface area contributed by atoms with E-state index in [-0.39, 0.29) is 21.1 Å². The van der Waals surface area contributed by atoms with Crippen molar-refractivity contribution in [1.29, 1.82) is 0 Å². The molecule has 0 saturated heterocycles. The summed E-state index contributed by atoms with van der Waals surface area (Å²) in [7, 11) is 0. The van der Waals surface area contributed by atoms with Gasteiger partial charge < -0.3 is 5.11 Å². The standard InChI is InChI=1S/C8H16O2.Mo/c1-2-3-4-5-6-7-8(9)10;/h2-7H2,1H3,(H,9,10);. The second kappa shape index (κ2) is 10.2. The zero-order valence-electron chi connectivity index (χ0n) is 7.01. The Hall–Kier alpha value is 0.158. The van der Waals surface area contributed by atoms with Gasteiger partial charge in [-0.3, -0.25) is 4.79 Å². The molecule has 0 aromatic rings. The molecule has 3 heteroatoms. The van der Waals surface area contributed by atoms with E-state index >= 15 is 0 Å². The summed E-state index contributed by atoms with van der Waals surface area (Å²) in [6.45, 7) is 2.15. The SMILES string of the molecule is CCCCCCCC(=O)O.[Mo]. The Balaban J connectivity index is 0. The molecule has 0 heterocycles. The second-order valence-corrected chi connectivity index (χ2v) is 2.56. The summed E-state index contributed by atoms with van der Waals surface area (Å²) in [5.41, 5.74) is 0. The summed E-state index contributed by atoms with van der Waals surface area (Å²) < 4.78 is 0. The molecule has 0 aliphatic rings. The van der Waals surface area contributed by atoms with Crippen LogP contribution in [0.1, 0.15) is 45.4 Å². The second-order valence-electron chi connectivity index (χ2n) is 2.56. The topological polar surface area (TPSA) is 37.3 Å². The number of unbranched alkanes of at least 4 members (excludes halogenated alkanes) is 4. The Kier molecular flexibility index (Phi) is 12.7. The normalized spacial score (nSPS) is 8.82. The molecule has 2 nitrogen and oxygen atoms in total. The van der Waals surface area contributed by atoms with Crippen LogP contribution >= 0.6 is 0 Å². The number of aliphatic carboxylic acids is 1. The third kappa shape index (κ3) is 13.2. The van der Waals surface area contributed by atoms with E-state index in [0.29, 0.717) is 6.42 Å². The number of carbonyl (C=O) groups is 1. The van der Waals surface area contributed by atoms with E-state index < -0.39 is 5.97 Å². The third-order valence-electron chi connectivity index (χ3n) is 1.49. The summed E-state index contributed by atoms with van der Waals surface area (Å²) in [6.07, 6.45) is 5.88. The minimum atomic E-state index is -0.670. The van der Waals surface area contributed by atoms with Gasteiger partial charge in [0.25, 0.3) is 0 Å². The number of hydrogen-bond donors (Lipinski definition) is 1. The van der Waals surface area contributed by atoms with Crippen molar-refractivity contribution in [2.75, 3.05) is 0 Å². The van der Waals surface area contributed by atoms with Crippen LogP contribution in [0.5, 0.6) is 0 Å². The van der Waals surface area contributed by atoms with Gasteiger partial charge in [0.1, 0.15) is 0 Å². The molecule has 0 rings (SSSR count). The van der Waals surface area contributed by atoms with E-state index in [0.717, 1.165) is 12.8 Å². The summed E-state index contributed by atoms with van der Waals surface area (Å²) in [5.74, 6) is -0.670. The fourth-order valence-electron chi connectivity index (χ4n) is 0.880. The summed E-state index contributed by atoms with van der Waals surface area (Å²) in [5, 5.41) is 8.27. The molecule has 0 aliphatic heterocycles. The molecule has 11 heavy (non-hydrogen) atoms. The van der Waals surface area contributed by atoms with Gasteiger partial charge in [0.2, 0.25) is 0 Å². The first-order chi connectivity index (χ1) is 4.77. The van der Waals surface area contributed by atoms with Gasteiger partial charge >= 0.3 is 5.97 Å². The minimum Gasteiger partial charge on any atom is -0.481 e. The molecule has 0 amide bonds. The van der Waals surface area contributed by atoms with E-state index in [1.807, 2.05) is 0 Å². The molecule has 0 spiro atoms. The molecular weight excluding hydrogens is 224 g/mol. The predicted molar refractivity (Wildman–Crippen MR) is 41.0 cm³/mol. The predicted octanol–water partition coefficient (Wildman–Crippen LogP) is 2.43. The monoisotopic (exact) mass is 242 g/mol.